The van der Waals surface area contributed by atoms with E-state index >= 15 is 0 Å². The third-order valence-corrected chi connectivity index (χ3v) is 8.25. The summed E-state index contributed by atoms with van der Waals surface area (Å²) < 4.78 is 26.3. The zero-order valence-corrected chi connectivity index (χ0v) is 19.3. The molecule has 7 nitrogen and oxygen atoms in total. The lowest BCUT2D eigenvalue weighted by molar-refractivity contribution is 0.0471. The molecule has 0 bridgehead atoms. The van der Waals surface area contributed by atoms with Crippen molar-refractivity contribution in [1.82, 2.24) is 19.9 Å². The summed E-state index contributed by atoms with van der Waals surface area (Å²) >= 11 is 0. The highest BCUT2D eigenvalue weighted by Gasteiger charge is 2.29. The minimum absolute atomic E-state index is 0.00652. The quantitative estimate of drug-likeness (QED) is 0.591. The molecular weight excluding hydrogens is 424 g/mol. The molecule has 0 radical (unpaired) electrons. The van der Waals surface area contributed by atoms with Crippen molar-refractivity contribution in [2.75, 3.05) is 13.1 Å². The predicted molar refractivity (Wildman–Crippen MR) is 124 cm³/mol. The Bertz CT molecular complexity index is 1140. The van der Waals surface area contributed by atoms with Gasteiger partial charge in [0.25, 0.3) is 0 Å². The molecule has 2 atom stereocenters. The lowest BCUT2D eigenvalue weighted by Crippen LogP contribution is -2.42. The standard InChI is InChI=1S/C24H30N4O3S/c1-18(2)32(30,31)17-19-7-6-8-20(13-19)23-11-12-27(16-24(23)29)14-21-15-28(26-25-21)22-9-4-3-5-10-22/h3-10,13,15,18,23-24,29H,11-12,14,16-17H2,1-2H3/t23-,24-/m0/s1. The van der Waals surface area contributed by atoms with Crippen molar-refractivity contribution >= 4 is 9.84 Å². The number of aromatic nitrogens is 3. The van der Waals surface area contributed by atoms with E-state index in [2.05, 4.69) is 15.2 Å². The van der Waals surface area contributed by atoms with Crippen LogP contribution < -0.4 is 0 Å². The molecule has 1 aliphatic heterocycles. The van der Waals surface area contributed by atoms with Crippen LogP contribution in [-0.2, 0) is 22.1 Å². The van der Waals surface area contributed by atoms with Crippen LogP contribution in [0.4, 0.5) is 0 Å². The first-order valence-electron chi connectivity index (χ1n) is 11.0. The van der Waals surface area contributed by atoms with Gasteiger partial charge in [-0.2, -0.15) is 0 Å². The van der Waals surface area contributed by atoms with Gasteiger partial charge in [-0.05, 0) is 50.1 Å². The molecule has 2 heterocycles. The second-order valence-electron chi connectivity index (χ2n) is 8.79. The fourth-order valence-electron chi connectivity index (χ4n) is 4.15. The first kappa shape index (κ1) is 22.6. The number of hydrogen-bond donors (Lipinski definition) is 1. The summed E-state index contributed by atoms with van der Waals surface area (Å²) in [6.07, 6.45) is 2.20. The zero-order chi connectivity index (χ0) is 22.7. The lowest BCUT2D eigenvalue weighted by atomic mass is 9.86. The molecule has 4 rings (SSSR count). The second kappa shape index (κ2) is 9.52. The van der Waals surface area contributed by atoms with Crippen molar-refractivity contribution < 1.29 is 13.5 Å². The molecule has 3 aromatic rings. The maximum Gasteiger partial charge on any atom is 0.156 e. The number of hydrogen-bond acceptors (Lipinski definition) is 6. The number of piperidine rings is 1. The molecule has 1 saturated heterocycles. The van der Waals surface area contributed by atoms with Crippen molar-refractivity contribution in [2.45, 2.75) is 49.8 Å². The number of rotatable bonds is 7. The average molecular weight is 455 g/mol. The molecule has 0 unspecified atom stereocenters. The van der Waals surface area contributed by atoms with Gasteiger partial charge in [0, 0.05) is 19.0 Å². The summed E-state index contributed by atoms with van der Waals surface area (Å²) in [6.45, 7) is 5.41. The summed E-state index contributed by atoms with van der Waals surface area (Å²) in [6, 6.07) is 17.5. The molecule has 32 heavy (non-hydrogen) atoms. The molecule has 0 saturated carbocycles. The fourth-order valence-corrected chi connectivity index (χ4v) is 5.13. The zero-order valence-electron chi connectivity index (χ0n) is 18.5. The summed E-state index contributed by atoms with van der Waals surface area (Å²) in [5.74, 6) is 0.0257. The van der Waals surface area contributed by atoms with Crippen LogP contribution in [0, 0.1) is 0 Å². The SMILES string of the molecule is CC(C)S(=O)(=O)Cc1cccc([C@@H]2CCN(Cc3cn(-c4ccccc4)nn3)C[C@@H]2O)c1. The first-order chi connectivity index (χ1) is 15.3. The number of benzene rings is 2. The highest BCUT2D eigenvalue weighted by molar-refractivity contribution is 7.91. The molecule has 8 heteroatoms. The molecule has 0 aliphatic carbocycles. The first-order valence-corrected chi connectivity index (χ1v) is 12.7. The molecule has 0 amide bonds. The van der Waals surface area contributed by atoms with Crippen LogP contribution in [0.5, 0.6) is 0 Å². The summed E-state index contributed by atoms with van der Waals surface area (Å²) in [7, 11) is -3.16. The number of para-hydroxylation sites is 1. The Morgan fingerprint density at radius 3 is 2.62 bits per heavy atom. The Balaban J connectivity index is 1.39. The van der Waals surface area contributed by atoms with Crippen molar-refractivity contribution in [1.29, 1.82) is 0 Å². The number of aliphatic hydroxyl groups excluding tert-OH is 1. The van der Waals surface area contributed by atoms with E-state index in [0.717, 1.165) is 35.5 Å². The van der Waals surface area contributed by atoms with Gasteiger partial charge < -0.3 is 5.11 Å². The van der Waals surface area contributed by atoms with E-state index in [4.69, 9.17) is 0 Å². The third kappa shape index (κ3) is 5.26. The van der Waals surface area contributed by atoms with E-state index in [1.54, 1.807) is 18.5 Å². The predicted octanol–water partition coefficient (Wildman–Crippen LogP) is 2.94. The normalized spacial score (nSPS) is 20.0. The smallest absolute Gasteiger partial charge is 0.156 e. The van der Waals surface area contributed by atoms with Crippen LogP contribution >= 0.6 is 0 Å². The molecule has 1 aromatic heterocycles. The van der Waals surface area contributed by atoms with Gasteiger partial charge in [0.1, 0.15) is 0 Å². The van der Waals surface area contributed by atoms with Crippen LogP contribution in [0.25, 0.3) is 5.69 Å². The van der Waals surface area contributed by atoms with E-state index in [1.165, 1.54) is 0 Å². The van der Waals surface area contributed by atoms with Gasteiger partial charge in [-0.15, -0.1) is 5.10 Å². The third-order valence-electron chi connectivity index (χ3n) is 6.08. The molecule has 0 spiro atoms. The summed E-state index contributed by atoms with van der Waals surface area (Å²) in [5.41, 5.74) is 3.61. The Labute approximate surface area is 189 Å². The van der Waals surface area contributed by atoms with Gasteiger partial charge in [-0.25, -0.2) is 13.1 Å². The Morgan fingerprint density at radius 2 is 1.91 bits per heavy atom. The Kier molecular flexibility index (Phi) is 6.74. The van der Waals surface area contributed by atoms with Crippen LogP contribution in [0.3, 0.4) is 0 Å². The highest BCUT2D eigenvalue weighted by atomic mass is 32.2. The van der Waals surface area contributed by atoms with Gasteiger partial charge in [-0.1, -0.05) is 47.7 Å². The van der Waals surface area contributed by atoms with Crippen molar-refractivity contribution in [2.24, 2.45) is 0 Å². The molecule has 2 aromatic carbocycles. The Hall–Kier alpha value is -2.55. The molecule has 1 N–H and O–H groups in total. The van der Waals surface area contributed by atoms with Crippen LogP contribution in [0.1, 0.15) is 43.0 Å². The highest BCUT2D eigenvalue weighted by Crippen LogP contribution is 2.30. The number of nitrogens with zero attached hydrogens (tertiary/aromatic N) is 4. The second-order valence-corrected chi connectivity index (χ2v) is 11.3. The molecule has 170 valence electrons. The van der Waals surface area contributed by atoms with E-state index < -0.39 is 21.2 Å². The maximum atomic E-state index is 12.3. The average Bonchev–Trinajstić information content (AvgIpc) is 3.23. The Morgan fingerprint density at radius 1 is 1.12 bits per heavy atom. The van der Waals surface area contributed by atoms with Crippen molar-refractivity contribution in [3.05, 3.63) is 77.6 Å². The maximum absolute atomic E-state index is 12.3. The monoisotopic (exact) mass is 454 g/mol. The van der Waals surface area contributed by atoms with Gasteiger partial charge in [0.2, 0.25) is 0 Å². The summed E-state index contributed by atoms with van der Waals surface area (Å²) in [4.78, 5) is 2.19. The van der Waals surface area contributed by atoms with Crippen LogP contribution in [-0.4, -0.2) is 57.9 Å². The van der Waals surface area contributed by atoms with Crippen molar-refractivity contribution in [3.8, 4) is 5.69 Å². The summed E-state index contributed by atoms with van der Waals surface area (Å²) in [5, 5.41) is 19.0. The molecule has 1 aliphatic rings. The minimum Gasteiger partial charge on any atom is -0.391 e. The van der Waals surface area contributed by atoms with E-state index in [-0.39, 0.29) is 11.7 Å². The van der Waals surface area contributed by atoms with Crippen LogP contribution in [0.2, 0.25) is 0 Å². The lowest BCUT2D eigenvalue weighted by Gasteiger charge is -2.36. The van der Waals surface area contributed by atoms with Gasteiger partial charge >= 0.3 is 0 Å². The number of β-amino-alcohol motifs (C(OH)–C–C–N with tert-alkyl or cyclic N) is 1. The van der Waals surface area contributed by atoms with Crippen molar-refractivity contribution in [3.63, 3.8) is 0 Å². The van der Waals surface area contributed by atoms with E-state index in [9.17, 15) is 13.5 Å². The van der Waals surface area contributed by atoms with E-state index in [0.29, 0.717) is 13.1 Å². The molecule has 1 fully saturated rings. The topological polar surface area (TPSA) is 88.3 Å². The number of sulfone groups is 1. The van der Waals surface area contributed by atoms with Gasteiger partial charge in [-0.3, -0.25) is 4.90 Å². The number of likely N-dealkylation sites (tertiary alicyclic amines) is 1. The number of aliphatic hydroxyl groups is 1. The van der Waals surface area contributed by atoms with Gasteiger partial charge in [0.15, 0.2) is 9.84 Å². The van der Waals surface area contributed by atoms with Gasteiger partial charge in [0.05, 0.1) is 34.7 Å². The fraction of sp³-hybridized carbons (Fsp3) is 0.417. The largest absolute Gasteiger partial charge is 0.391 e. The minimum atomic E-state index is -3.16. The van der Waals surface area contributed by atoms with Crippen LogP contribution in [0.15, 0.2) is 60.8 Å². The van der Waals surface area contributed by atoms with E-state index in [1.807, 2.05) is 60.8 Å². The molecular formula is C24H30N4O3S.